The summed E-state index contributed by atoms with van der Waals surface area (Å²) < 4.78 is 45.9. The molecule has 0 saturated carbocycles. The Morgan fingerprint density at radius 1 is 0.925 bits per heavy atom. The Kier molecular flexibility index (Phi) is 10.7. The van der Waals surface area contributed by atoms with Gasteiger partial charge in [0.1, 0.15) is 29.9 Å². The van der Waals surface area contributed by atoms with E-state index in [0.29, 0.717) is 30.0 Å². The van der Waals surface area contributed by atoms with E-state index >= 15 is 0 Å². The van der Waals surface area contributed by atoms with Gasteiger partial charge in [-0.05, 0) is 66.4 Å². The molecule has 0 radical (unpaired) electrons. The Morgan fingerprint density at radius 3 is 2.08 bits per heavy atom. The lowest BCUT2D eigenvalue weighted by Gasteiger charge is -2.33. The first-order valence-corrected chi connectivity index (χ1v) is 14.9. The van der Waals surface area contributed by atoms with E-state index in [0.717, 1.165) is 10.6 Å². The van der Waals surface area contributed by atoms with Gasteiger partial charge < -0.3 is 15.0 Å². The number of rotatable bonds is 13. The summed E-state index contributed by atoms with van der Waals surface area (Å²) in [6.45, 7) is 5.62. The highest BCUT2D eigenvalue weighted by molar-refractivity contribution is 7.92. The number of hydrogen-bond donors (Lipinski definition) is 1. The first kappa shape index (κ1) is 30.6. The van der Waals surface area contributed by atoms with Gasteiger partial charge in [-0.1, -0.05) is 51.1 Å². The number of para-hydroxylation sites is 1. The molecular formula is C30H36FN3O5S. The van der Waals surface area contributed by atoms with Gasteiger partial charge >= 0.3 is 0 Å². The normalized spacial score (nSPS) is 12.1. The largest absolute Gasteiger partial charge is 0.457 e. The monoisotopic (exact) mass is 569 g/mol. The Hall–Kier alpha value is -3.92. The molecule has 0 aliphatic rings. The second kappa shape index (κ2) is 13.9. The lowest BCUT2D eigenvalue weighted by atomic mass is 10.1. The first-order chi connectivity index (χ1) is 19.0. The van der Waals surface area contributed by atoms with E-state index in [4.69, 9.17) is 4.74 Å². The van der Waals surface area contributed by atoms with E-state index < -0.39 is 34.3 Å². The van der Waals surface area contributed by atoms with Crippen molar-refractivity contribution in [1.29, 1.82) is 0 Å². The Morgan fingerprint density at radius 2 is 1.52 bits per heavy atom. The molecule has 0 heterocycles. The second-order valence-electron chi connectivity index (χ2n) is 9.89. The summed E-state index contributed by atoms with van der Waals surface area (Å²) in [7, 11) is -3.88. The van der Waals surface area contributed by atoms with E-state index in [2.05, 4.69) is 5.32 Å². The smallest absolute Gasteiger partial charge is 0.244 e. The summed E-state index contributed by atoms with van der Waals surface area (Å²) in [5.41, 5.74) is 0.883. The average Bonchev–Trinajstić information content (AvgIpc) is 2.92. The lowest BCUT2D eigenvalue weighted by molar-refractivity contribution is -0.140. The molecule has 2 amide bonds. The number of ether oxygens (including phenoxy) is 1. The number of carbonyl (C=O) groups is 2. The quantitative estimate of drug-likeness (QED) is 0.314. The van der Waals surface area contributed by atoms with E-state index in [1.807, 2.05) is 32.0 Å². The van der Waals surface area contributed by atoms with Crippen LogP contribution in [0.4, 0.5) is 10.1 Å². The molecule has 40 heavy (non-hydrogen) atoms. The van der Waals surface area contributed by atoms with Crippen LogP contribution in [0.15, 0.2) is 78.9 Å². The van der Waals surface area contributed by atoms with Crippen molar-refractivity contribution in [2.24, 2.45) is 5.92 Å². The fraction of sp³-hybridized carbons (Fsp3) is 0.333. The minimum absolute atomic E-state index is 0.00811. The van der Waals surface area contributed by atoms with Gasteiger partial charge in [-0.25, -0.2) is 12.8 Å². The van der Waals surface area contributed by atoms with Crippen molar-refractivity contribution in [2.45, 2.75) is 39.8 Å². The molecule has 0 saturated heterocycles. The fourth-order valence-electron chi connectivity index (χ4n) is 4.05. The molecular weight excluding hydrogens is 533 g/mol. The van der Waals surface area contributed by atoms with Crippen LogP contribution in [0.25, 0.3) is 0 Å². The fourth-order valence-corrected chi connectivity index (χ4v) is 4.90. The SMILES string of the molecule is CCC(C(=O)NCC(C)C)N(Cc1ccc(F)cc1)C(=O)CN(c1ccc(Oc2ccccc2)cc1)S(C)(=O)=O. The third-order valence-corrected chi connectivity index (χ3v) is 7.26. The molecule has 1 atom stereocenters. The Labute approximate surface area is 235 Å². The molecule has 3 aromatic carbocycles. The number of sulfonamides is 1. The maximum Gasteiger partial charge on any atom is 0.244 e. The van der Waals surface area contributed by atoms with Crippen molar-refractivity contribution >= 4 is 27.5 Å². The van der Waals surface area contributed by atoms with Gasteiger partial charge in [0.2, 0.25) is 21.8 Å². The van der Waals surface area contributed by atoms with Gasteiger partial charge in [0, 0.05) is 13.1 Å². The zero-order valence-electron chi connectivity index (χ0n) is 23.2. The number of halogens is 1. The molecule has 1 unspecified atom stereocenters. The maximum atomic E-state index is 13.7. The van der Waals surface area contributed by atoms with Crippen LogP contribution >= 0.6 is 0 Å². The van der Waals surface area contributed by atoms with Gasteiger partial charge in [-0.3, -0.25) is 13.9 Å². The van der Waals surface area contributed by atoms with Gasteiger partial charge in [0.15, 0.2) is 0 Å². The highest BCUT2D eigenvalue weighted by atomic mass is 32.2. The number of hydrogen-bond acceptors (Lipinski definition) is 5. The topological polar surface area (TPSA) is 96.0 Å². The number of nitrogens with one attached hydrogen (secondary N) is 1. The first-order valence-electron chi connectivity index (χ1n) is 13.1. The zero-order chi connectivity index (χ0) is 29.3. The lowest BCUT2D eigenvalue weighted by Crippen LogP contribution is -2.52. The average molecular weight is 570 g/mol. The third-order valence-electron chi connectivity index (χ3n) is 6.12. The van der Waals surface area contributed by atoms with Gasteiger partial charge in [0.05, 0.1) is 11.9 Å². The van der Waals surface area contributed by atoms with Crippen molar-refractivity contribution < 1.29 is 27.1 Å². The van der Waals surface area contributed by atoms with Crippen LogP contribution in [0.5, 0.6) is 11.5 Å². The number of amides is 2. The Bertz CT molecular complexity index is 1360. The van der Waals surface area contributed by atoms with Crippen molar-refractivity contribution in [1.82, 2.24) is 10.2 Å². The molecule has 214 valence electrons. The number of carbonyl (C=O) groups excluding carboxylic acids is 2. The van der Waals surface area contributed by atoms with Gasteiger partial charge in [0.25, 0.3) is 0 Å². The number of benzene rings is 3. The minimum Gasteiger partial charge on any atom is -0.457 e. The van der Waals surface area contributed by atoms with Crippen molar-refractivity contribution in [3.05, 3.63) is 90.2 Å². The molecule has 10 heteroatoms. The van der Waals surface area contributed by atoms with Crippen molar-refractivity contribution in [3.63, 3.8) is 0 Å². The molecule has 0 aliphatic heterocycles. The standard InChI is InChI=1S/C30H36FN3O5S/c1-5-28(30(36)32-19-22(2)3)33(20-23-11-13-24(31)14-12-23)29(35)21-34(40(4,37)38)25-15-17-27(18-16-25)39-26-9-7-6-8-10-26/h6-18,22,28H,5,19-21H2,1-4H3,(H,32,36). The van der Waals surface area contributed by atoms with Crippen LogP contribution in [0, 0.1) is 11.7 Å². The van der Waals surface area contributed by atoms with Crippen molar-refractivity contribution in [3.8, 4) is 11.5 Å². The van der Waals surface area contributed by atoms with Crippen LogP contribution in [0.1, 0.15) is 32.8 Å². The highest BCUT2D eigenvalue weighted by Gasteiger charge is 2.31. The van der Waals surface area contributed by atoms with Crippen LogP contribution in [-0.2, 0) is 26.2 Å². The molecule has 0 fully saturated rings. The van der Waals surface area contributed by atoms with E-state index in [1.54, 1.807) is 43.3 Å². The predicted octanol–water partition coefficient (Wildman–Crippen LogP) is 4.96. The van der Waals surface area contributed by atoms with E-state index in [-0.39, 0.29) is 24.1 Å². The molecule has 8 nitrogen and oxygen atoms in total. The summed E-state index contributed by atoms with van der Waals surface area (Å²) in [5, 5.41) is 2.87. The number of nitrogens with zero attached hydrogens (tertiary/aromatic N) is 2. The van der Waals surface area contributed by atoms with Gasteiger partial charge in [-0.15, -0.1) is 0 Å². The second-order valence-corrected chi connectivity index (χ2v) is 11.8. The maximum absolute atomic E-state index is 13.7. The molecule has 1 N–H and O–H groups in total. The minimum atomic E-state index is -3.88. The molecule has 0 aromatic heterocycles. The van der Waals surface area contributed by atoms with E-state index in [1.165, 1.54) is 29.2 Å². The van der Waals surface area contributed by atoms with E-state index in [9.17, 15) is 22.4 Å². The summed E-state index contributed by atoms with van der Waals surface area (Å²) in [4.78, 5) is 28.2. The molecule has 0 spiro atoms. The van der Waals surface area contributed by atoms with Gasteiger partial charge in [-0.2, -0.15) is 0 Å². The summed E-state index contributed by atoms with van der Waals surface area (Å²) in [5.74, 6) is 0.0122. The molecule has 0 aliphatic carbocycles. The van der Waals surface area contributed by atoms with Crippen LogP contribution in [0.3, 0.4) is 0 Å². The zero-order valence-corrected chi connectivity index (χ0v) is 24.0. The predicted molar refractivity (Wildman–Crippen MR) is 154 cm³/mol. The molecule has 3 rings (SSSR count). The number of anilines is 1. The Balaban J connectivity index is 1.88. The summed E-state index contributed by atoms with van der Waals surface area (Å²) >= 11 is 0. The van der Waals surface area contributed by atoms with Crippen molar-refractivity contribution in [2.75, 3.05) is 23.7 Å². The van der Waals surface area contributed by atoms with Crippen LogP contribution < -0.4 is 14.4 Å². The summed E-state index contributed by atoms with van der Waals surface area (Å²) in [6.07, 6.45) is 1.33. The third kappa shape index (κ3) is 8.81. The van der Waals surface area contributed by atoms with Crippen LogP contribution in [0.2, 0.25) is 0 Å². The highest BCUT2D eigenvalue weighted by Crippen LogP contribution is 2.26. The van der Waals surface area contributed by atoms with Crippen LogP contribution in [-0.4, -0.2) is 50.5 Å². The molecule has 3 aromatic rings. The molecule has 0 bridgehead atoms. The summed E-state index contributed by atoms with van der Waals surface area (Å²) in [6, 6.07) is 20.3.